The topological polar surface area (TPSA) is 118 Å². The molecule has 10 heteroatoms. The molecule has 2 heterocycles. The van der Waals surface area contributed by atoms with Crippen molar-refractivity contribution in [1.82, 2.24) is 19.3 Å². The number of hydrogen-bond acceptors (Lipinski definition) is 6. The largest absolute Gasteiger partial charge is 0.369 e. The van der Waals surface area contributed by atoms with Crippen molar-refractivity contribution in [3.8, 4) is 5.82 Å². The van der Waals surface area contributed by atoms with Gasteiger partial charge < -0.3 is 15.2 Å². The predicted molar refractivity (Wildman–Crippen MR) is 111 cm³/mol. The third-order valence-corrected chi connectivity index (χ3v) is 5.38. The number of aromatic nitrogens is 3. The number of aryl methyl sites for hydroxylation is 1. The summed E-state index contributed by atoms with van der Waals surface area (Å²) >= 11 is 0. The smallest absolute Gasteiger partial charge is 0.240 e. The molecule has 1 amide bonds. The average Bonchev–Trinajstić information content (AvgIpc) is 3.20. The Morgan fingerprint density at radius 1 is 1.07 bits per heavy atom. The van der Waals surface area contributed by atoms with Crippen LogP contribution in [-0.4, -0.2) is 41.9 Å². The fraction of sp³-hybridized carbons (Fsp3) is 0.211. The number of carbonyl (C=O) groups is 1. The van der Waals surface area contributed by atoms with Crippen molar-refractivity contribution in [2.24, 2.45) is 0 Å². The number of nitrogens with one attached hydrogen (secondary N) is 3. The average molecular weight is 414 g/mol. The molecule has 0 saturated carbocycles. The van der Waals surface area contributed by atoms with E-state index in [0.717, 1.165) is 5.82 Å². The van der Waals surface area contributed by atoms with Crippen LogP contribution in [0, 0.1) is 6.92 Å². The molecule has 3 rings (SSSR count). The van der Waals surface area contributed by atoms with Crippen LogP contribution in [-0.2, 0) is 14.8 Å². The van der Waals surface area contributed by atoms with Gasteiger partial charge in [-0.25, -0.2) is 23.1 Å². The predicted octanol–water partition coefficient (Wildman–Crippen LogP) is 1.92. The second-order valence-corrected chi connectivity index (χ2v) is 8.05. The molecule has 0 saturated heterocycles. The van der Waals surface area contributed by atoms with Gasteiger partial charge in [-0.1, -0.05) is 0 Å². The number of sulfonamides is 1. The molecule has 0 aliphatic carbocycles. The lowest BCUT2D eigenvalue weighted by Crippen LogP contribution is -2.29. The Bertz CT molecular complexity index is 1080. The van der Waals surface area contributed by atoms with Crippen LogP contribution in [0.4, 0.5) is 11.5 Å². The third-order valence-electron chi connectivity index (χ3n) is 3.90. The minimum Gasteiger partial charge on any atom is -0.369 e. The number of hydrogen-bond donors (Lipinski definition) is 3. The highest BCUT2D eigenvalue weighted by Crippen LogP contribution is 2.14. The molecule has 3 aromatic rings. The van der Waals surface area contributed by atoms with Gasteiger partial charge in [0, 0.05) is 44.2 Å². The van der Waals surface area contributed by atoms with E-state index in [0.29, 0.717) is 23.9 Å². The minimum absolute atomic E-state index is 0.124. The highest BCUT2D eigenvalue weighted by atomic mass is 32.2. The lowest BCUT2D eigenvalue weighted by molar-refractivity contribution is -0.114. The standard InChI is InChI=1S/C19H22N6O3S/c1-14-22-18(13-19(23-14)25-11-3-4-12-25)20-9-10-21-29(27,28)17-7-5-16(6-8-17)24-15(2)26/h3-8,11-13,21H,9-10H2,1-2H3,(H,24,26)(H,20,22,23). The first-order valence-corrected chi connectivity index (χ1v) is 10.4. The summed E-state index contributed by atoms with van der Waals surface area (Å²) in [6.07, 6.45) is 3.77. The van der Waals surface area contributed by atoms with Gasteiger partial charge in [0.25, 0.3) is 0 Å². The van der Waals surface area contributed by atoms with Gasteiger partial charge in [0.05, 0.1) is 4.90 Å². The first-order chi connectivity index (χ1) is 13.8. The molecule has 0 bridgehead atoms. The molecular weight excluding hydrogens is 392 g/mol. The fourth-order valence-corrected chi connectivity index (χ4v) is 3.67. The van der Waals surface area contributed by atoms with Crippen LogP contribution in [0.1, 0.15) is 12.7 Å². The van der Waals surface area contributed by atoms with E-state index < -0.39 is 10.0 Å². The normalized spacial score (nSPS) is 11.2. The maximum atomic E-state index is 12.4. The molecule has 0 aliphatic rings. The van der Waals surface area contributed by atoms with E-state index >= 15 is 0 Å². The molecule has 0 spiro atoms. The summed E-state index contributed by atoms with van der Waals surface area (Å²) in [7, 11) is -3.65. The summed E-state index contributed by atoms with van der Waals surface area (Å²) in [4.78, 5) is 19.9. The molecular formula is C19H22N6O3S. The number of rotatable bonds is 8. The Balaban J connectivity index is 1.56. The first kappa shape index (κ1) is 20.5. The molecule has 0 atom stereocenters. The summed E-state index contributed by atoms with van der Waals surface area (Å²) in [5, 5.41) is 5.70. The number of benzene rings is 1. The molecule has 0 aliphatic heterocycles. The van der Waals surface area contributed by atoms with Crippen molar-refractivity contribution in [2.45, 2.75) is 18.7 Å². The second-order valence-electron chi connectivity index (χ2n) is 6.28. The molecule has 0 radical (unpaired) electrons. The van der Waals surface area contributed by atoms with Crippen molar-refractivity contribution >= 4 is 27.4 Å². The molecule has 0 fully saturated rings. The Morgan fingerprint density at radius 3 is 2.41 bits per heavy atom. The van der Waals surface area contributed by atoms with Gasteiger partial charge in [-0.3, -0.25) is 4.79 Å². The zero-order valence-corrected chi connectivity index (χ0v) is 16.9. The van der Waals surface area contributed by atoms with Crippen molar-refractivity contribution in [3.63, 3.8) is 0 Å². The number of anilines is 2. The molecule has 1 aromatic carbocycles. The first-order valence-electron chi connectivity index (χ1n) is 8.94. The number of carbonyl (C=O) groups excluding carboxylic acids is 1. The van der Waals surface area contributed by atoms with Crippen molar-refractivity contribution in [1.29, 1.82) is 0 Å². The summed E-state index contributed by atoms with van der Waals surface area (Å²) in [5.74, 6) is 1.73. The maximum Gasteiger partial charge on any atom is 0.240 e. The van der Waals surface area contributed by atoms with E-state index in [1.165, 1.54) is 19.1 Å². The highest BCUT2D eigenvalue weighted by Gasteiger charge is 2.13. The Hall–Kier alpha value is -3.24. The van der Waals surface area contributed by atoms with E-state index in [-0.39, 0.29) is 17.3 Å². The van der Waals surface area contributed by atoms with Gasteiger partial charge in [-0.2, -0.15) is 0 Å². The fourth-order valence-electron chi connectivity index (χ4n) is 2.64. The molecule has 3 N–H and O–H groups in total. The van der Waals surface area contributed by atoms with Crippen LogP contribution in [0.15, 0.2) is 59.8 Å². The summed E-state index contributed by atoms with van der Waals surface area (Å²) in [5.41, 5.74) is 0.538. The highest BCUT2D eigenvalue weighted by molar-refractivity contribution is 7.89. The SMILES string of the molecule is CC(=O)Nc1ccc(S(=O)(=O)NCCNc2cc(-n3cccc3)nc(C)n2)cc1. The van der Waals surface area contributed by atoms with Gasteiger partial charge in [-0.15, -0.1) is 0 Å². The summed E-state index contributed by atoms with van der Waals surface area (Å²) in [6, 6.07) is 11.6. The van der Waals surface area contributed by atoms with Crippen molar-refractivity contribution < 1.29 is 13.2 Å². The molecule has 0 unspecified atom stereocenters. The van der Waals surface area contributed by atoms with Gasteiger partial charge in [-0.05, 0) is 43.3 Å². The van der Waals surface area contributed by atoms with Gasteiger partial charge in [0.15, 0.2) is 0 Å². The molecule has 29 heavy (non-hydrogen) atoms. The second kappa shape index (κ2) is 8.84. The zero-order chi connectivity index (χ0) is 20.9. The van der Waals surface area contributed by atoms with Crippen molar-refractivity contribution in [2.75, 3.05) is 23.7 Å². The third kappa shape index (κ3) is 5.62. The van der Waals surface area contributed by atoms with Gasteiger partial charge in [0.1, 0.15) is 17.5 Å². The van der Waals surface area contributed by atoms with Crippen LogP contribution < -0.4 is 15.4 Å². The van der Waals surface area contributed by atoms with Crippen molar-refractivity contribution in [3.05, 3.63) is 60.7 Å². The Labute approximate surface area is 169 Å². The van der Waals surface area contributed by atoms with Gasteiger partial charge in [0.2, 0.25) is 15.9 Å². The van der Waals surface area contributed by atoms with E-state index in [4.69, 9.17) is 0 Å². The van der Waals surface area contributed by atoms with Crippen LogP contribution in [0.25, 0.3) is 5.82 Å². The lowest BCUT2D eigenvalue weighted by Gasteiger charge is -2.11. The zero-order valence-electron chi connectivity index (χ0n) is 16.1. The van der Waals surface area contributed by atoms with E-state index in [1.54, 1.807) is 25.1 Å². The van der Waals surface area contributed by atoms with Crippen LogP contribution in [0.5, 0.6) is 0 Å². The number of nitrogens with zero attached hydrogens (tertiary/aromatic N) is 3. The Kier molecular flexibility index (Phi) is 6.25. The van der Waals surface area contributed by atoms with Crippen LogP contribution in [0.3, 0.4) is 0 Å². The number of amides is 1. The minimum atomic E-state index is -3.65. The van der Waals surface area contributed by atoms with E-state index in [9.17, 15) is 13.2 Å². The summed E-state index contributed by atoms with van der Waals surface area (Å²) < 4.78 is 29.2. The molecule has 2 aromatic heterocycles. The van der Waals surface area contributed by atoms with Crippen LogP contribution in [0.2, 0.25) is 0 Å². The Morgan fingerprint density at radius 2 is 1.76 bits per heavy atom. The van der Waals surface area contributed by atoms with Crippen LogP contribution >= 0.6 is 0 Å². The van der Waals surface area contributed by atoms with E-state index in [1.807, 2.05) is 29.1 Å². The summed E-state index contributed by atoms with van der Waals surface area (Å²) in [6.45, 7) is 3.72. The maximum absolute atomic E-state index is 12.4. The molecule has 9 nitrogen and oxygen atoms in total. The molecule has 152 valence electrons. The lowest BCUT2D eigenvalue weighted by atomic mass is 10.3. The monoisotopic (exact) mass is 414 g/mol. The quantitative estimate of drug-likeness (QED) is 0.485. The van der Waals surface area contributed by atoms with Gasteiger partial charge >= 0.3 is 0 Å². The van der Waals surface area contributed by atoms with E-state index in [2.05, 4.69) is 25.3 Å².